The van der Waals surface area contributed by atoms with Crippen molar-refractivity contribution >= 4 is 46.0 Å². The Morgan fingerprint density at radius 3 is 2.82 bits per heavy atom. The lowest BCUT2D eigenvalue weighted by atomic mass is 10.1. The fourth-order valence-corrected chi connectivity index (χ4v) is 3.91. The maximum atomic E-state index is 13.5. The van der Waals surface area contributed by atoms with Crippen molar-refractivity contribution in [3.05, 3.63) is 52.8 Å². The Bertz CT molecular complexity index is 1150. The molecule has 3 aromatic rings. The van der Waals surface area contributed by atoms with Crippen LogP contribution in [0, 0.1) is 5.82 Å². The minimum Gasteiger partial charge on any atom is -0.493 e. The van der Waals surface area contributed by atoms with Gasteiger partial charge in [-0.2, -0.15) is 4.98 Å². The first-order valence-corrected chi connectivity index (χ1v) is 11.3. The second kappa shape index (κ2) is 10.8. The molecule has 7 nitrogen and oxygen atoms in total. The molecule has 1 fully saturated rings. The first-order chi connectivity index (χ1) is 16.0. The summed E-state index contributed by atoms with van der Waals surface area (Å²) in [6.45, 7) is 7.02. The number of hydrogen-bond acceptors (Lipinski definition) is 7. The lowest BCUT2D eigenvalue weighted by Gasteiger charge is -2.26. The van der Waals surface area contributed by atoms with E-state index in [1.807, 2.05) is 31.2 Å². The van der Waals surface area contributed by atoms with E-state index in [2.05, 4.69) is 20.2 Å². The van der Waals surface area contributed by atoms with E-state index in [0.29, 0.717) is 23.6 Å². The molecule has 0 aliphatic carbocycles. The predicted molar refractivity (Wildman–Crippen MR) is 131 cm³/mol. The van der Waals surface area contributed by atoms with Crippen LogP contribution in [0.3, 0.4) is 0 Å². The Balaban J connectivity index is 1.56. The van der Waals surface area contributed by atoms with Gasteiger partial charge in [0.25, 0.3) is 0 Å². The summed E-state index contributed by atoms with van der Waals surface area (Å²) in [5, 5.41) is 3.95. The monoisotopic (exact) mass is 471 g/mol. The summed E-state index contributed by atoms with van der Waals surface area (Å²) in [6, 6.07) is 8.22. The molecule has 0 atom stereocenters. The van der Waals surface area contributed by atoms with E-state index in [1.54, 1.807) is 6.07 Å². The summed E-state index contributed by atoms with van der Waals surface area (Å²) in [5.41, 5.74) is 8.11. The van der Waals surface area contributed by atoms with Crippen LogP contribution in [-0.2, 0) is 4.74 Å². The standard InChI is InChI=1S/C24H27ClFN5O2/c1-2-4-16-13-18-21(15-22(16)33-10-3-7-31-8-11-32-12-9-31)29-24(27)30-23(18)28-17-5-6-20(26)19(25)14-17/h2,4-6,13-15H,3,7-12H2,1H3,(H3,27,28,29,30). The lowest BCUT2D eigenvalue weighted by molar-refractivity contribution is 0.0358. The first-order valence-electron chi connectivity index (χ1n) is 10.9. The minimum atomic E-state index is -0.486. The van der Waals surface area contributed by atoms with Crippen molar-refractivity contribution in [3.63, 3.8) is 0 Å². The van der Waals surface area contributed by atoms with Gasteiger partial charge in [0.05, 0.1) is 30.4 Å². The Labute approximate surface area is 197 Å². The lowest BCUT2D eigenvalue weighted by Crippen LogP contribution is -2.37. The van der Waals surface area contributed by atoms with Crippen LogP contribution in [0.25, 0.3) is 17.0 Å². The first kappa shape index (κ1) is 23.2. The maximum Gasteiger partial charge on any atom is 0.222 e. The third-order valence-corrected chi connectivity index (χ3v) is 5.64. The fourth-order valence-electron chi connectivity index (χ4n) is 3.73. The number of ether oxygens (including phenoxy) is 2. The van der Waals surface area contributed by atoms with Gasteiger partial charge in [0.1, 0.15) is 17.4 Å². The molecule has 2 aromatic carbocycles. The van der Waals surface area contributed by atoms with Gasteiger partial charge in [-0.1, -0.05) is 23.8 Å². The van der Waals surface area contributed by atoms with E-state index >= 15 is 0 Å². The van der Waals surface area contributed by atoms with Crippen molar-refractivity contribution in [3.8, 4) is 5.75 Å². The van der Waals surface area contributed by atoms with Crippen LogP contribution < -0.4 is 15.8 Å². The summed E-state index contributed by atoms with van der Waals surface area (Å²) in [7, 11) is 0. The van der Waals surface area contributed by atoms with Gasteiger partial charge >= 0.3 is 0 Å². The molecule has 4 rings (SSSR count). The molecule has 0 bridgehead atoms. The second-order valence-corrected chi connectivity index (χ2v) is 8.15. The number of halogens is 2. The molecule has 1 aliphatic rings. The van der Waals surface area contributed by atoms with Crippen LogP contribution in [-0.4, -0.2) is 54.3 Å². The van der Waals surface area contributed by atoms with Gasteiger partial charge in [-0.05, 0) is 37.6 Å². The summed E-state index contributed by atoms with van der Waals surface area (Å²) < 4.78 is 25.1. The molecule has 1 saturated heterocycles. The zero-order valence-corrected chi connectivity index (χ0v) is 19.2. The second-order valence-electron chi connectivity index (χ2n) is 7.75. The van der Waals surface area contributed by atoms with Gasteiger partial charge in [-0.15, -0.1) is 0 Å². The van der Waals surface area contributed by atoms with Crippen molar-refractivity contribution in [2.24, 2.45) is 0 Å². The number of benzene rings is 2. The number of hydrogen-bond donors (Lipinski definition) is 2. The van der Waals surface area contributed by atoms with Gasteiger partial charge in [-0.3, -0.25) is 4.90 Å². The number of morpholine rings is 1. The number of nitrogens with two attached hydrogens (primary N) is 1. The van der Waals surface area contributed by atoms with E-state index in [9.17, 15) is 4.39 Å². The van der Waals surface area contributed by atoms with E-state index in [4.69, 9.17) is 26.8 Å². The molecule has 1 aromatic heterocycles. The Morgan fingerprint density at radius 1 is 1.24 bits per heavy atom. The van der Waals surface area contributed by atoms with Gasteiger partial charge < -0.3 is 20.5 Å². The SMILES string of the molecule is CC=Cc1cc2c(Nc3ccc(F)c(Cl)c3)nc(N)nc2cc1OCCCN1CCOCC1. The molecule has 174 valence electrons. The van der Waals surface area contributed by atoms with Gasteiger partial charge in [0.15, 0.2) is 0 Å². The number of allylic oxidation sites excluding steroid dienone is 1. The Hall–Kier alpha value is -2.94. The summed E-state index contributed by atoms with van der Waals surface area (Å²) in [6.07, 6.45) is 4.84. The van der Waals surface area contributed by atoms with Crippen LogP contribution in [0.15, 0.2) is 36.4 Å². The molecular weight excluding hydrogens is 445 g/mol. The number of nitrogens with one attached hydrogen (secondary N) is 1. The van der Waals surface area contributed by atoms with Gasteiger partial charge in [0.2, 0.25) is 5.95 Å². The predicted octanol–water partition coefficient (Wildman–Crippen LogP) is 4.88. The number of fused-ring (bicyclic) bond motifs is 1. The molecule has 0 spiro atoms. The van der Waals surface area contributed by atoms with E-state index in [1.165, 1.54) is 12.1 Å². The number of rotatable bonds is 8. The molecule has 1 aliphatic heterocycles. The summed E-state index contributed by atoms with van der Waals surface area (Å²) >= 11 is 5.92. The zero-order chi connectivity index (χ0) is 23.2. The smallest absolute Gasteiger partial charge is 0.222 e. The highest BCUT2D eigenvalue weighted by Gasteiger charge is 2.13. The summed E-state index contributed by atoms with van der Waals surface area (Å²) in [4.78, 5) is 11.1. The average molecular weight is 472 g/mol. The van der Waals surface area contributed by atoms with Crippen molar-refractivity contribution in [2.75, 3.05) is 50.5 Å². The van der Waals surface area contributed by atoms with Crippen LogP contribution in [0.4, 0.5) is 21.8 Å². The number of nitrogens with zero attached hydrogens (tertiary/aromatic N) is 3. The molecule has 33 heavy (non-hydrogen) atoms. The number of anilines is 3. The molecule has 0 saturated carbocycles. The molecule has 9 heteroatoms. The maximum absolute atomic E-state index is 13.5. The van der Waals surface area contributed by atoms with Crippen LogP contribution in [0.2, 0.25) is 5.02 Å². The molecule has 0 unspecified atom stereocenters. The van der Waals surface area contributed by atoms with Gasteiger partial charge in [0, 0.05) is 42.3 Å². The van der Waals surface area contributed by atoms with E-state index in [0.717, 1.165) is 56.0 Å². The molecular formula is C24H27ClFN5O2. The van der Waals surface area contributed by atoms with Crippen LogP contribution >= 0.6 is 11.6 Å². The van der Waals surface area contributed by atoms with Crippen LogP contribution in [0.5, 0.6) is 5.75 Å². The summed E-state index contributed by atoms with van der Waals surface area (Å²) in [5.74, 6) is 0.872. The Kier molecular flexibility index (Phi) is 7.59. The Morgan fingerprint density at radius 2 is 2.06 bits per heavy atom. The highest BCUT2D eigenvalue weighted by molar-refractivity contribution is 6.31. The van der Waals surface area contributed by atoms with Crippen molar-refractivity contribution < 1.29 is 13.9 Å². The van der Waals surface area contributed by atoms with E-state index < -0.39 is 5.82 Å². The third kappa shape index (κ3) is 5.90. The third-order valence-electron chi connectivity index (χ3n) is 5.35. The molecule has 3 N–H and O–H groups in total. The highest BCUT2D eigenvalue weighted by atomic mass is 35.5. The van der Waals surface area contributed by atoms with Crippen molar-refractivity contribution in [2.45, 2.75) is 13.3 Å². The topological polar surface area (TPSA) is 85.5 Å². The van der Waals surface area contributed by atoms with Crippen LogP contribution in [0.1, 0.15) is 18.9 Å². The number of aromatic nitrogens is 2. The average Bonchev–Trinajstić information content (AvgIpc) is 2.80. The fraction of sp³-hybridized carbons (Fsp3) is 0.333. The van der Waals surface area contributed by atoms with Gasteiger partial charge in [-0.25, -0.2) is 9.37 Å². The highest BCUT2D eigenvalue weighted by Crippen LogP contribution is 2.32. The van der Waals surface area contributed by atoms with Crippen molar-refractivity contribution in [1.82, 2.24) is 14.9 Å². The minimum absolute atomic E-state index is 0.0219. The number of nitrogen functional groups attached to an aromatic ring is 1. The molecule has 0 radical (unpaired) electrons. The largest absolute Gasteiger partial charge is 0.493 e. The van der Waals surface area contributed by atoms with Crippen molar-refractivity contribution in [1.29, 1.82) is 0 Å². The molecule has 0 amide bonds. The normalized spacial score (nSPS) is 14.8. The quantitative estimate of drug-likeness (QED) is 0.453. The zero-order valence-electron chi connectivity index (χ0n) is 18.5. The van der Waals surface area contributed by atoms with E-state index in [-0.39, 0.29) is 11.0 Å². The molecule has 2 heterocycles.